The Morgan fingerprint density at radius 1 is 1.44 bits per heavy atom. The van der Waals surface area contributed by atoms with Crippen LogP contribution in [0.4, 0.5) is 4.39 Å². The Balaban J connectivity index is 2.93. The Hall–Kier alpha value is -0.740. The second-order valence-corrected chi connectivity index (χ2v) is 6.60. The van der Waals surface area contributed by atoms with Crippen LogP contribution in [0.25, 0.3) is 0 Å². The van der Waals surface area contributed by atoms with Crippen molar-refractivity contribution < 1.29 is 8.60 Å². The van der Waals surface area contributed by atoms with E-state index in [0.717, 1.165) is 0 Å². The molecule has 0 saturated heterocycles. The van der Waals surface area contributed by atoms with Gasteiger partial charge in [0.15, 0.2) is 0 Å². The Bertz CT molecular complexity index is 440. The predicted octanol–water partition coefficient (Wildman–Crippen LogP) is 3.36. The van der Waals surface area contributed by atoms with Crippen molar-refractivity contribution in [2.45, 2.75) is 25.5 Å². The number of hydrogen-bond donors (Lipinski definition) is 0. The zero-order valence-electron chi connectivity index (χ0n) is 9.33. The van der Waals surface area contributed by atoms with Crippen LogP contribution in [0.1, 0.15) is 26.3 Å². The minimum atomic E-state index is -1.36. The molecule has 1 atom stereocenters. The monoisotopic (exact) mass is 261 g/mol. The van der Waals surface area contributed by atoms with E-state index in [1.165, 1.54) is 24.4 Å². The van der Waals surface area contributed by atoms with Crippen molar-refractivity contribution in [3.8, 4) is 0 Å². The molecule has 5 heteroatoms. The minimum absolute atomic E-state index is 0.385. The fraction of sp³-hybridized carbons (Fsp3) is 0.364. The molecule has 0 radical (unpaired) electrons. The molecule has 0 saturated carbocycles. The van der Waals surface area contributed by atoms with Gasteiger partial charge in [-0.25, -0.2) is 8.60 Å². The first kappa shape index (κ1) is 13.3. The summed E-state index contributed by atoms with van der Waals surface area (Å²) in [6.07, 6.45) is 1.34. The summed E-state index contributed by atoms with van der Waals surface area (Å²) in [5.74, 6) is -0.396. The zero-order chi connectivity index (χ0) is 12.3. The van der Waals surface area contributed by atoms with Crippen LogP contribution in [-0.4, -0.2) is 15.2 Å². The van der Waals surface area contributed by atoms with Crippen LogP contribution in [0.2, 0.25) is 5.02 Å². The molecule has 0 aliphatic rings. The molecule has 1 aromatic carbocycles. The van der Waals surface area contributed by atoms with E-state index in [2.05, 4.69) is 4.40 Å². The van der Waals surface area contributed by atoms with E-state index in [4.69, 9.17) is 11.6 Å². The summed E-state index contributed by atoms with van der Waals surface area (Å²) in [5, 5.41) is 0.385. The van der Waals surface area contributed by atoms with Gasteiger partial charge in [0.25, 0.3) is 0 Å². The van der Waals surface area contributed by atoms with E-state index in [1.54, 1.807) is 0 Å². The topological polar surface area (TPSA) is 29.4 Å². The highest BCUT2D eigenvalue weighted by Crippen LogP contribution is 2.17. The van der Waals surface area contributed by atoms with Crippen molar-refractivity contribution >= 4 is 28.8 Å². The van der Waals surface area contributed by atoms with Gasteiger partial charge in [0, 0.05) is 16.8 Å². The highest BCUT2D eigenvalue weighted by Gasteiger charge is 2.18. The third-order valence-electron chi connectivity index (χ3n) is 1.77. The number of halogens is 2. The van der Waals surface area contributed by atoms with Gasteiger partial charge in [0.1, 0.15) is 16.8 Å². The number of hydrogen-bond acceptors (Lipinski definition) is 1. The molecule has 0 spiro atoms. The lowest BCUT2D eigenvalue weighted by molar-refractivity contribution is 0.627. The van der Waals surface area contributed by atoms with Gasteiger partial charge in [-0.15, -0.1) is 0 Å². The van der Waals surface area contributed by atoms with E-state index in [-0.39, 0.29) is 0 Å². The molecule has 1 unspecified atom stereocenters. The summed E-state index contributed by atoms with van der Waals surface area (Å²) in [4.78, 5) is 0. The Kier molecular flexibility index (Phi) is 4.21. The van der Waals surface area contributed by atoms with Crippen molar-refractivity contribution in [1.82, 2.24) is 0 Å². The van der Waals surface area contributed by atoms with Crippen molar-refractivity contribution in [3.05, 3.63) is 34.6 Å². The summed E-state index contributed by atoms with van der Waals surface area (Å²) < 4.78 is 27.9. The summed E-state index contributed by atoms with van der Waals surface area (Å²) in [6.45, 7) is 5.44. The van der Waals surface area contributed by atoms with Gasteiger partial charge >= 0.3 is 0 Å². The molecule has 0 bridgehead atoms. The van der Waals surface area contributed by atoms with Gasteiger partial charge in [-0.3, -0.25) is 0 Å². The first-order valence-electron chi connectivity index (χ1n) is 4.72. The Morgan fingerprint density at radius 2 is 2.06 bits per heavy atom. The van der Waals surface area contributed by atoms with E-state index in [1.807, 2.05) is 20.8 Å². The van der Waals surface area contributed by atoms with E-state index >= 15 is 0 Å². The van der Waals surface area contributed by atoms with Crippen molar-refractivity contribution in [2.24, 2.45) is 4.40 Å². The van der Waals surface area contributed by atoms with Crippen molar-refractivity contribution in [1.29, 1.82) is 0 Å². The third kappa shape index (κ3) is 3.68. The number of nitrogens with zero attached hydrogens (tertiary/aromatic N) is 1. The lowest BCUT2D eigenvalue weighted by atomic mass is 10.2. The molecule has 0 aliphatic carbocycles. The van der Waals surface area contributed by atoms with Gasteiger partial charge in [0.2, 0.25) is 0 Å². The fourth-order valence-electron chi connectivity index (χ4n) is 0.876. The maximum absolute atomic E-state index is 12.9. The largest absolute Gasteiger partial charge is 0.234 e. The van der Waals surface area contributed by atoms with Crippen LogP contribution in [0.5, 0.6) is 0 Å². The maximum atomic E-state index is 12.9. The summed E-state index contributed by atoms with van der Waals surface area (Å²) in [7, 11) is -1.36. The van der Waals surface area contributed by atoms with Crippen LogP contribution in [0.3, 0.4) is 0 Å². The Morgan fingerprint density at radius 3 is 2.62 bits per heavy atom. The SMILES string of the molecule is CC(C)(C)S(=O)N=Cc1cc(F)ccc1Cl. The van der Waals surface area contributed by atoms with Crippen LogP contribution in [-0.2, 0) is 11.0 Å². The highest BCUT2D eigenvalue weighted by molar-refractivity contribution is 7.85. The molecule has 0 amide bonds. The molecule has 2 nitrogen and oxygen atoms in total. The van der Waals surface area contributed by atoms with E-state index < -0.39 is 21.5 Å². The normalized spacial score (nSPS) is 14.3. The molecule has 0 heterocycles. The molecule has 0 N–H and O–H groups in total. The molecule has 0 aromatic heterocycles. The number of rotatable bonds is 2. The number of benzene rings is 1. The van der Waals surface area contributed by atoms with Crippen molar-refractivity contribution in [2.75, 3.05) is 0 Å². The van der Waals surface area contributed by atoms with Crippen LogP contribution < -0.4 is 0 Å². The van der Waals surface area contributed by atoms with Crippen LogP contribution in [0, 0.1) is 5.82 Å². The minimum Gasteiger partial charge on any atom is -0.234 e. The molecule has 1 rings (SSSR count). The second kappa shape index (κ2) is 5.06. The smallest absolute Gasteiger partial charge is 0.144 e. The van der Waals surface area contributed by atoms with Gasteiger partial charge < -0.3 is 0 Å². The van der Waals surface area contributed by atoms with Crippen molar-refractivity contribution in [3.63, 3.8) is 0 Å². The van der Waals surface area contributed by atoms with Crippen LogP contribution in [0.15, 0.2) is 22.6 Å². The lowest BCUT2D eigenvalue weighted by Gasteiger charge is -2.12. The molecular formula is C11H13ClFNOS. The molecule has 88 valence electrons. The molecule has 1 aromatic rings. The quantitative estimate of drug-likeness (QED) is 0.751. The molecular weight excluding hydrogens is 249 g/mol. The van der Waals surface area contributed by atoms with Gasteiger partial charge in [-0.05, 0) is 39.0 Å². The molecule has 16 heavy (non-hydrogen) atoms. The Labute approximate surface area is 102 Å². The first-order valence-corrected chi connectivity index (χ1v) is 6.20. The summed E-state index contributed by atoms with van der Waals surface area (Å²) in [6, 6.07) is 3.96. The van der Waals surface area contributed by atoms with Gasteiger partial charge in [-0.2, -0.15) is 4.40 Å². The maximum Gasteiger partial charge on any atom is 0.144 e. The van der Waals surface area contributed by atoms with Crippen LogP contribution >= 0.6 is 11.6 Å². The van der Waals surface area contributed by atoms with Gasteiger partial charge in [0.05, 0.1) is 4.75 Å². The van der Waals surface area contributed by atoms with E-state index in [0.29, 0.717) is 10.6 Å². The summed E-state index contributed by atoms with van der Waals surface area (Å²) >= 11 is 5.84. The first-order chi connectivity index (χ1) is 7.30. The lowest BCUT2D eigenvalue weighted by Crippen LogP contribution is -2.19. The second-order valence-electron chi connectivity index (χ2n) is 4.26. The van der Waals surface area contributed by atoms with E-state index in [9.17, 15) is 8.60 Å². The van der Waals surface area contributed by atoms with Gasteiger partial charge in [-0.1, -0.05) is 11.6 Å². The third-order valence-corrected chi connectivity index (χ3v) is 3.46. The molecule has 0 fully saturated rings. The standard InChI is InChI=1S/C11H13ClFNOS/c1-11(2,3)16(15)14-7-8-6-9(13)4-5-10(8)12/h4-7H,1-3H3. The average molecular weight is 262 g/mol. The highest BCUT2D eigenvalue weighted by atomic mass is 35.5. The summed E-state index contributed by atoms with van der Waals surface area (Å²) in [5.41, 5.74) is 0.430. The average Bonchev–Trinajstić information content (AvgIpc) is 2.17. The predicted molar refractivity (Wildman–Crippen MR) is 66.9 cm³/mol. The zero-order valence-corrected chi connectivity index (χ0v) is 10.9. The molecule has 0 aliphatic heterocycles. The fourth-order valence-corrected chi connectivity index (χ4v) is 1.57.